The zero-order valence-electron chi connectivity index (χ0n) is 15.9. The molecule has 0 bridgehead atoms. The van der Waals surface area contributed by atoms with Gasteiger partial charge in [0.2, 0.25) is 0 Å². The predicted octanol–water partition coefficient (Wildman–Crippen LogP) is 4.54. The highest BCUT2D eigenvalue weighted by atomic mass is 16.4. The van der Waals surface area contributed by atoms with Crippen LogP contribution in [0.5, 0.6) is 0 Å². The van der Waals surface area contributed by atoms with Gasteiger partial charge in [-0.1, -0.05) is 54.6 Å². The van der Waals surface area contributed by atoms with Crippen LogP contribution in [0.2, 0.25) is 0 Å². The highest BCUT2D eigenvalue weighted by molar-refractivity contribution is 5.93. The molecule has 0 aromatic heterocycles. The normalized spacial score (nSPS) is 10.5. The van der Waals surface area contributed by atoms with Gasteiger partial charge in [-0.15, -0.1) is 0 Å². The lowest BCUT2D eigenvalue weighted by molar-refractivity contribution is 0.0696. The molecule has 0 radical (unpaired) electrons. The van der Waals surface area contributed by atoms with Gasteiger partial charge in [-0.25, -0.2) is 9.59 Å². The average molecular weight is 378 g/mol. The molecule has 3 aromatic carbocycles. The lowest BCUT2D eigenvalue weighted by Gasteiger charge is -2.29. The summed E-state index contributed by atoms with van der Waals surface area (Å²) in [6.45, 7) is 1.02. The third kappa shape index (κ3) is 6.07. The summed E-state index contributed by atoms with van der Waals surface area (Å²) in [5.41, 5.74) is 2.67. The fourth-order valence-corrected chi connectivity index (χ4v) is 2.75. The van der Waals surface area contributed by atoms with Crippen molar-refractivity contribution in [3.05, 3.63) is 102 Å². The molecule has 0 aliphatic carbocycles. The van der Waals surface area contributed by atoms with E-state index in [2.05, 4.69) is 74.8 Å². The summed E-state index contributed by atoms with van der Waals surface area (Å²) in [5, 5.41) is 17.0. The van der Waals surface area contributed by atoms with Gasteiger partial charge in [0.05, 0.1) is 25.2 Å². The van der Waals surface area contributed by atoms with Crippen LogP contribution in [0.15, 0.2) is 84.9 Å². The minimum atomic E-state index is -1.13. The molecule has 3 rings (SSSR count). The highest BCUT2D eigenvalue weighted by Crippen LogP contribution is 2.21. The maximum Gasteiger partial charge on any atom is 0.335 e. The van der Waals surface area contributed by atoms with E-state index in [1.54, 1.807) is 0 Å². The first kappa shape index (κ1) is 20.9. The molecule has 0 aliphatic heterocycles. The number of para-hydroxylation sites is 1. The summed E-state index contributed by atoms with van der Waals surface area (Å²) in [7, 11) is 4.48. The number of carbonyl (C=O) groups is 2. The maximum absolute atomic E-state index is 10.4. The van der Waals surface area contributed by atoms with Crippen LogP contribution >= 0.6 is 0 Å². The van der Waals surface area contributed by atoms with Crippen LogP contribution in [-0.4, -0.2) is 36.2 Å². The number of carboxylic acids is 2. The van der Waals surface area contributed by atoms with Crippen molar-refractivity contribution in [1.29, 1.82) is 0 Å². The van der Waals surface area contributed by atoms with E-state index in [0.29, 0.717) is 0 Å². The van der Waals surface area contributed by atoms with Crippen LogP contribution in [0.3, 0.4) is 0 Å². The molecule has 5 heteroatoms. The Morgan fingerprint density at radius 1 is 0.714 bits per heavy atom. The third-order valence-corrected chi connectivity index (χ3v) is 4.23. The molecule has 0 heterocycles. The molecule has 144 valence electrons. The lowest BCUT2D eigenvalue weighted by atomic mass is 10.1. The largest absolute Gasteiger partial charge is 0.478 e. The molecule has 0 saturated carbocycles. The van der Waals surface area contributed by atoms with Crippen molar-refractivity contribution in [2.24, 2.45) is 0 Å². The summed E-state index contributed by atoms with van der Waals surface area (Å²) in [6.07, 6.45) is 0. The highest BCUT2D eigenvalue weighted by Gasteiger charge is 2.18. The number of carboxylic acid groups (broad SMARTS) is 2. The summed E-state index contributed by atoms with van der Waals surface area (Å²) in [4.78, 5) is 20.8. The topological polar surface area (TPSA) is 74.6 Å². The Labute approximate surface area is 164 Å². The molecule has 0 atom stereocenters. The molecule has 0 aliphatic rings. The first-order valence-electron chi connectivity index (χ1n) is 8.79. The monoisotopic (exact) mass is 378 g/mol. The van der Waals surface area contributed by atoms with E-state index in [-0.39, 0.29) is 11.1 Å². The molecular formula is C23H24NO4+. The smallest absolute Gasteiger partial charge is 0.335 e. The molecule has 5 nitrogen and oxygen atoms in total. The fourth-order valence-electron chi connectivity index (χ4n) is 2.75. The van der Waals surface area contributed by atoms with Gasteiger partial charge < -0.3 is 10.2 Å². The minimum Gasteiger partial charge on any atom is -0.478 e. The predicted molar refractivity (Wildman–Crippen MR) is 111 cm³/mol. The van der Waals surface area contributed by atoms with Gasteiger partial charge in [0.15, 0.2) is 0 Å². The van der Waals surface area contributed by atoms with E-state index in [1.165, 1.54) is 29.4 Å². The van der Waals surface area contributed by atoms with Crippen LogP contribution in [0.1, 0.15) is 26.3 Å². The van der Waals surface area contributed by atoms with Gasteiger partial charge in [-0.05, 0) is 30.3 Å². The van der Waals surface area contributed by atoms with Crippen molar-refractivity contribution >= 4 is 17.6 Å². The van der Waals surface area contributed by atoms with Crippen LogP contribution in [0.4, 0.5) is 5.69 Å². The third-order valence-electron chi connectivity index (χ3n) is 4.23. The van der Waals surface area contributed by atoms with E-state index >= 15 is 0 Å². The number of aromatic carboxylic acids is 2. The molecule has 0 amide bonds. The van der Waals surface area contributed by atoms with Gasteiger partial charge in [0.1, 0.15) is 12.2 Å². The summed E-state index contributed by atoms with van der Waals surface area (Å²) >= 11 is 0. The number of hydrogen-bond donors (Lipinski definition) is 2. The fraction of sp³-hybridized carbons (Fsp3) is 0.130. The van der Waals surface area contributed by atoms with E-state index < -0.39 is 11.9 Å². The molecule has 0 spiro atoms. The van der Waals surface area contributed by atoms with Gasteiger partial charge >= 0.3 is 11.9 Å². The van der Waals surface area contributed by atoms with Gasteiger partial charge in [-0.2, -0.15) is 0 Å². The Kier molecular flexibility index (Phi) is 7.07. The van der Waals surface area contributed by atoms with E-state index in [1.807, 2.05) is 0 Å². The molecular weight excluding hydrogens is 354 g/mol. The van der Waals surface area contributed by atoms with Crippen LogP contribution in [0.25, 0.3) is 0 Å². The Hall–Kier alpha value is -3.44. The molecule has 3 aromatic rings. The zero-order chi connectivity index (χ0) is 20.6. The second-order valence-corrected chi connectivity index (χ2v) is 6.86. The van der Waals surface area contributed by atoms with E-state index in [4.69, 9.17) is 10.2 Å². The lowest BCUT2D eigenvalue weighted by Crippen LogP contribution is -2.39. The Morgan fingerprint density at radius 2 is 1.18 bits per heavy atom. The number of nitrogens with zero attached hydrogens (tertiary/aromatic N) is 1. The second kappa shape index (κ2) is 9.48. The van der Waals surface area contributed by atoms with Crippen LogP contribution < -0.4 is 4.48 Å². The van der Waals surface area contributed by atoms with Gasteiger partial charge in [0.25, 0.3) is 0 Å². The quantitative estimate of drug-likeness (QED) is 0.640. The molecule has 0 saturated heterocycles. The first-order valence-corrected chi connectivity index (χ1v) is 8.79. The molecule has 28 heavy (non-hydrogen) atoms. The minimum absolute atomic E-state index is 0.0186. The van der Waals surface area contributed by atoms with Gasteiger partial charge in [0, 0.05) is 5.56 Å². The van der Waals surface area contributed by atoms with Crippen molar-refractivity contribution in [3.8, 4) is 0 Å². The Morgan fingerprint density at radius 3 is 1.64 bits per heavy atom. The van der Waals surface area contributed by atoms with Crippen molar-refractivity contribution < 1.29 is 19.8 Å². The van der Waals surface area contributed by atoms with Crippen molar-refractivity contribution in [1.82, 2.24) is 4.48 Å². The maximum atomic E-state index is 10.4. The van der Waals surface area contributed by atoms with E-state index in [9.17, 15) is 9.59 Å². The SMILES string of the molecule is C[N+](C)(Cc1ccccc1)c1ccccc1.O=C(O)c1cccc(C(=O)O)c1. The molecule has 0 fully saturated rings. The number of benzene rings is 3. The summed E-state index contributed by atoms with van der Waals surface area (Å²) in [6, 6.07) is 26.4. The molecule has 2 N–H and O–H groups in total. The van der Waals surface area contributed by atoms with Crippen molar-refractivity contribution in [3.63, 3.8) is 0 Å². The molecule has 0 unspecified atom stereocenters. The van der Waals surface area contributed by atoms with Crippen LogP contribution in [0, 0.1) is 0 Å². The average Bonchev–Trinajstić information content (AvgIpc) is 2.69. The van der Waals surface area contributed by atoms with Gasteiger partial charge in [-0.3, -0.25) is 4.48 Å². The number of rotatable bonds is 5. The Balaban J connectivity index is 0.000000209. The Bertz CT molecular complexity index is 892. The first-order chi connectivity index (χ1) is 13.3. The van der Waals surface area contributed by atoms with Crippen LogP contribution in [-0.2, 0) is 6.54 Å². The summed E-state index contributed by atoms with van der Waals surface area (Å²) in [5.74, 6) is -2.25. The van der Waals surface area contributed by atoms with E-state index in [0.717, 1.165) is 17.1 Å². The number of hydrogen-bond acceptors (Lipinski definition) is 2. The second-order valence-electron chi connectivity index (χ2n) is 6.86. The number of quaternary nitrogens is 1. The van der Waals surface area contributed by atoms with Crippen molar-refractivity contribution in [2.75, 3.05) is 14.1 Å². The zero-order valence-corrected chi connectivity index (χ0v) is 15.9. The van der Waals surface area contributed by atoms with Crippen molar-refractivity contribution in [2.45, 2.75) is 6.54 Å². The standard InChI is InChI=1S/C15H18N.C8H6O4/c1-16(2,15-11-7-4-8-12-15)13-14-9-5-3-6-10-14;9-7(10)5-2-1-3-6(4-5)8(11)12/h3-12H,13H2,1-2H3;1-4H,(H,9,10)(H,11,12)/q+1;. The summed E-state index contributed by atoms with van der Waals surface area (Å²) < 4.78 is 0.880.